The van der Waals surface area contributed by atoms with Crippen LogP contribution < -0.4 is 0 Å². The highest BCUT2D eigenvalue weighted by atomic mass is 16.1. The van der Waals surface area contributed by atoms with Gasteiger partial charge in [0.2, 0.25) is 6.08 Å². The molecule has 0 bridgehead atoms. The van der Waals surface area contributed by atoms with Crippen molar-refractivity contribution >= 4 is 6.08 Å². The maximum absolute atomic E-state index is 10.8. The zero-order chi connectivity index (χ0) is 11.7. The molecule has 0 spiro atoms. The van der Waals surface area contributed by atoms with Crippen LogP contribution in [0.1, 0.15) is 30.4 Å². The quantitative estimate of drug-likeness (QED) is 0.410. The predicted molar refractivity (Wildman–Crippen MR) is 66.4 cm³/mol. The lowest BCUT2D eigenvalue weighted by Gasteiger charge is -2.42. The Morgan fingerprint density at radius 2 is 2.18 bits per heavy atom. The van der Waals surface area contributed by atoms with Gasteiger partial charge < -0.3 is 0 Å². The summed E-state index contributed by atoms with van der Waals surface area (Å²) >= 11 is 0. The molecule has 86 valence electrons. The molecule has 0 amide bonds. The van der Waals surface area contributed by atoms with Gasteiger partial charge in [0.05, 0.1) is 0 Å². The van der Waals surface area contributed by atoms with Crippen LogP contribution >= 0.6 is 0 Å². The maximum Gasteiger partial charge on any atom is 0.235 e. The third-order valence-electron chi connectivity index (χ3n) is 4.18. The standard InChI is InChI=1S/C15H15NO/c17-11-16-15-10-4-3-6-13(15)9-8-12-5-1-2-7-14(12)15/h1-5,7,13H,6,8-10H2/t13-,15+/m0/s1. The third-order valence-corrected chi connectivity index (χ3v) is 4.18. The summed E-state index contributed by atoms with van der Waals surface area (Å²) in [5.41, 5.74) is 2.26. The normalized spacial score (nSPS) is 30.0. The van der Waals surface area contributed by atoms with Crippen LogP contribution in [0.4, 0.5) is 0 Å². The topological polar surface area (TPSA) is 29.4 Å². The Morgan fingerprint density at radius 3 is 3.06 bits per heavy atom. The lowest BCUT2D eigenvalue weighted by atomic mass is 9.65. The first-order chi connectivity index (χ1) is 8.37. The summed E-state index contributed by atoms with van der Waals surface area (Å²) in [6, 6.07) is 8.39. The molecule has 17 heavy (non-hydrogen) atoms. The average Bonchev–Trinajstić information content (AvgIpc) is 2.39. The largest absolute Gasteiger partial charge is 0.235 e. The van der Waals surface area contributed by atoms with E-state index in [-0.39, 0.29) is 5.54 Å². The molecule has 0 saturated carbocycles. The van der Waals surface area contributed by atoms with Crippen molar-refractivity contribution in [3.05, 3.63) is 47.5 Å². The summed E-state index contributed by atoms with van der Waals surface area (Å²) in [5, 5.41) is 0. The van der Waals surface area contributed by atoms with E-state index in [4.69, 9.17) is 0 Å². The van der Waals surface area contributed by atoms with E-state index in [1.807, 2.05) is 12.1 Å². The van der Waals surface area contributed by atoms with Crippen molar-refractivity contribution in [2.45, 2.75) is 31.2 Å². The van der Waals surface area contributed by atoms with Crippen LogP contribution in [0.2, 0.25) is 0 Å². The fraction of sp³-hybridized carbons (Fsp3) is 0.400. The minimum Gasteiger partial charge on any atom is -0.211 e. The summed E-state index contributed by atoms with van der Waals surface area (Å²) < 4.78 is 0. The smallest absolute Gasteiger partial charge is 0.211 e. The Hall–Kier alpha value is -1.66. The van der Waals surface area contributed by atoms with Gasteiger partial charge in [-0.25, -0.2) is 4.79 Å². The maximum atomic E-state index is 10.8. The summed E-state index contributed by atoms with van der Waals surface area (Å²) in [7, 11) is 0. The zero-order valence-corrected chi connectivity index (χ0v) is 9.73. The average molecular weight is 225 g/mol. The van der Waals surface area contributed by atoms with Gasteiger partial charge in [-0.15, -0.1) is 0 Å². The van der Waals surface area contributed by atoms with Crippen molar-refractivity contribution in [2.24, 2.45) is 10.9 Å². The monoisotopic (exact) mass is 225 g/mol. The number of rotatable bonds is 1. The number of allylic oxidation sites excluding steroid dienone is 1. The number of hydrogen-bond donors (Lipinski definition) is 0. The van der Waals surface area contributed by atoms with Crippen molar-refractivity contribution in [1.82, 2.24) is 0 Å². The first-order valence-corrected chi connectivity index (χ1v) is 6.19. The molecule has 1 aromatic rings. The number of hydrogen-bond acceptors (Lipinski definition) is 2. The molecule has 2 aliphatic rings. The summed E-state index contributed by atoms with van der Waals surface area (Å²) in [5.74, 6) is 0.462. The number of fused-ring (bicyclic) bond motifs is 3. The number of aryl methyl sites for hydroxylation is 1. The molecule has 2 atom stereocenters. The van der Waals surface area contributed by atoms with Crippen molar-refractivity contribution in [3.8, 4) is 0 Å². The Morgan fingerprint density at radius 1 is 1.29 bits per heavy atom. The van der Waals surface area contributed by atoms with Gasteiger partial charge in [-0.1, -0.05) is 36.4 Å². The molecular weight excluding hydrogens is 210 g/mol. The third kappa shape index (κ3) is 1.49. The molecule has 0 heterocycles. The molecule has 2 heteroatoms. The zero-order valence-electron chi connectivity index (χ0n) is 9.73. The van der Waals surface area contributed by atoms with E-state index in [1.54, 1.807) is 0 Å². The molecule has 0 N–H and O–H groups in total. The lowest BCUT2D eigenvalue weighted by Crippen LogP contribution is -2.39. The number of benzene rings is 1. The molecule has 0 radical (unpaired) electrons. The van der Waals surface area contributed by atoms with Crippen molar-refractivity contribution in [1.29, 1.82) is 0 Å². The van der Waals surface area contributed by atoms with E-state index in [1.165, 1.54) is 11.1 Å². The molecule has 0 aliphatic heterocycles. The van der Waals surface area contributed by atoms with E-state index in [2.05, 4.69) is 35.3 Å². The molecule has 2 aliphatic carbocycles. The minimum atomic E-state index is -0.328. The Kier molecular flexibility index (Phi) is 2.45. The fourth-order valence-corrected chi connectivity index (χ4v) is 3.34. The van der Waals surface area contributed by atoms with E-state index < -0.39 is 0 Å². The SMILES string of the molecule is O=C=N[C@]12CC=CC[C@H]1CCc1ccccc12. The molecule has 0 aromatic heterocycles. The van der Waals surface area contributed by atoms with Crippen LogP contribution in [0.15, 0.2) is 41.4 Å². The van der Waals surface area contributed by atoms with Crippen molar-refractivity contribution in [3.63, 3.8) is 0 Å². The first kappa shape index (κ1) is 10.5. The lowest BCUT2D eigenvalue weighted by molar-refractivity contribution is 0.234. The van der Waals surface area contributed by atoms with Gasteiger partial charge in [0.1, 0.15) is 5.54 Å². The second-order valence-corrected chi connectivity index (χ2v) is 4.93. The summed E-state index contributed by atoms with van der Waals surface area (Å²) in [6.45, 7) is 0. The van der Waals surface area contributed by atoms with Crippen molar-refractivity contribution < 1.29 is 4.79 Å². The van der Waals surface area contributed by atoms with E-state index in [9.17, 15) is 4.79 Å². The van der Waals surface area contributed by atoms with Crippen LogP contribution in [0.3, 0.4) is 0 Å². The highest BCUT2D eigenvalue weighted by Crippen LogP contribution is 2.48. The van der Waals surface area contributed by atoms with Gasteiger partial charge in [0.15, 0.2) is 0 Å². The van der Waals surface area contributed by atoms with E-state index >= 15 is 0 Å². The first-order valence-electron chi connectivity index (χ1n) is 6.19. The second kappa shape index (κ2) is 3.97. The highest BCUT2D eigenvalue weighted by Gasteiger charge is 2.44. The molecular formula is C15H15NO. The molecule has 3 rings (SSSR count). The van der Waals surface area contributed by atoms with E-state index in [0.29, 0.717) is 5.92 Å². The fourth-order valence-electron chi connectivity index (χ4n) is 3.34. The van der Waals surface area contributed by atoms with Gasteiger partial charge in [0.25, 0.3) is 0 Å². The Bertz CT molecular complexity index is 513. The second-order valence-electron chi connectivity index (χ2n) is 4.93. The van der Waals surface area contributed by atoms with Gasteiger partial charge in [-0.3, -0.25) is 0 Å². The molecule has 0 fully saturated rings. The Labute approximate surface area is 101 Å². The number of nitrogens with zero attached hydrogens (tertiary/aromatic N) is 1. The van der Waals surface area contributed by atoms with Gasteiger partial charge in [0, 0.05) is 0 Å². The van der Waals surface area contributed by atoms with Crippen molar-refractivity contribution in [2.75, 3.05) is 0 Å². The van der Waals surface area contributed by atoms with Crippen LogP contribution in [0.25, 0.3) is 0 Å². The van der Waals surface area contributed by atoms with Crippen LogP contribution in [-0.4, -0.2) is 6.08 Å². The summed E-state index contributed by atoms with van der Waals surface area (Å²) in [4.78, 5) is 15.0. The number of isocyanates is 1. The number of aliphatic imine (C=N–C) groups is 1. The van der Waals surface area contributed by atoms with Gasteiger partial charge in [-0.05, 0) is 42.7 Å². The molecule has 0 unspecified atom stereocenters. The minimum absolute atomic E-state index is 0.328. The number of carbonyl (C=O) groups excluding carboxylic acids is 1. The molecule has 1 aromatic carbocycles. The van der Waals surface area contributed by atoms with Crippen LogP contribution in [-0.2, 0) is 16.8 Å². The van der Waals surface area contributed by atoms with Crippen LogP contribution in [0, 0.1) is 5.92 Å². The van der Waals surface area contributed by atoms with Gasteiger partial charge >= 0.3 is 0 Å². The van der Waals surface area contributed by atoms with E-state index in [0.717, 1.165) is 25.7 Å². The predicted octanol–water partition coefficient (Wildman–Crippen LogP) is 3.13. The van der Waals surface area contributed by atoms with Crippen LogP contribution in [0.5, 0.6) is 0 Å². The van der Waals surface area contributed by atoms with Gasteiger partial charge in [-0.2, -0.15) is 4.99 Å². The molecule has 2 nitrogen and oxygen atoms in total. The Balaban J connectivity index is 2.21. The highest BCUT2D eigenvalue weighted by molar-refractivity contribution is 5.44. The summed E-state index contributed by atoms with van der Waals surface area (Å²) in [6.07, 6.45) is 10.3. The molecule has 0 saturated heterocycles.